The van der Waals surface area contributed by atoms with Gasteiger partial charge in [-0.25, -0.2) is 18.7 Å². The minimum atomic E-state index is -2.64. The second-order valence-corrected chi connectivity index (χ2v) is 8.96. The highest BCUT2D eigenvalue weighted by Crippen LogP contribution is 2.38. The van der Waals surface area contributed by atoms with Crippen molar-refractivity contribution in [1.29, 1.82) is 0 Å². The number of aromatic nitrogens is 3. The summed E-state index contributed by atoms with van der Waals surface area (Å²) in [5.41, 5.74) is 2.52. The maximum absolute atomic E-state index is 13.5. The maximum Gasteiger partial charge on any atom is 0.263 e. The molecule has 5 rings (SSSR count). The molecule has 0 radical (unpaired) electrons. The number of aryl methyl sites for hydroxylation is 1. The van der Waals surface area contributed by atoms with E-state index in [1.54, 1.807) is 13.0 Å². The van der Waals surface area contributed by atoms with Crippen LogP contribution in [0.2, 0.25) is 0 Å². The SMILES string of the molecule is Cc1[nH]c2c(-c3cc(C(F)F)ccc3OCC3CC3)ncnc2c1C(=O)N[C@H]1CCC[C@H]1O. The Morgan fingerprint density at radius 2 is 2.09 bits per heavy atom. The smallest absolute Gasteiger partial charge is 0.263 e. The fourth-order valence-electron chi connectivity index (χ4n) is 4.44. The van der Waals surface area contributed by atoms with Gasteiger partial charge in [-0.1, -0.05) is 0 Å². The summed E-state index contributed by atoms with van der Waals surface area (Å²) < 4.78 is 32.9. The summed E-state index contributed by atoms with van der Waals surface area (Å²) in [6.45, 7) is 2.28. The van der Waals surface area contributed by atoms with Gasteiger partial charge in [-0.15, -0.1) is 0 Å². The first kappa shape index (κ1) is 21.8. The summed E-state index contributed by atoms with van der Waals surface area (Å²) in [5.74, 6) is 0.631. The molecule has 3 N–H and O–H groups in total. The van der Waals surface area contributed by atoms with Gasteiger partial charge in [0.05, 0.1) is 29.8 Å². The van der Waals surface area contributed by atoms with E-state index in [0.717, 1.165) is 25.7 Å². The van der Waals surface area contributed by atoms with Gasteiger partial charge in [-0.2, -0.15) is 0 Å². The van der Waals surface area contributed by atoms with E-state index < -0.39 is 12.5 Å². The number of ether oxygens (including phenoxy) is 1. The number of hydrogen-bond acceptors (Lipinski definition) is 5. The number of halogens is 2. The van der Waals surface area contributed by atoms with Crippen molar-refractivity contribution in [3.05, 3.63) is 41.3 Å². The molecule has 33 heavy (non-hydrogen) atoms. The third-order valence-electron chi connectivity index (χ3n) is 6.48. The van der Waals surface area contributed by atoms with Crippen molar-refractivity contribution >= 4 is 16.9 Å². The zero-order chi connectivity index (χ0) is 23.1. The average Bonchev–Trinajstić information content (AvgIpc) is 3.44. The van der Waals surface area contributed by atoms with Gasteiger partial charge in [0, 0.05) is 16.8 Å². The number of alkyl halides is 2. The van der Waals surface area contributed by atoms with Crippen molar-refractivity contribution < 1.29 is 23.4 Å². The molecule has 3 aromatic rings. The molecule has 2 atom stereocenters. The molecule has 0 unspecified atom stereocenters. The first-order chi connectivity index (χ1) is 15.9. The summed E-state index contributed by atoms with van der Waals surface area (Å²) in [7, 11) is 0. The number of hydrogen-bond donors (Lipinski definition) is 3. The minimum Gasteiger partial charge on any atom is -0.493 e. The van der Waals surface area contributed by atoms with Crippen LogP contribution in [0.3, 0.4) is 0 Å². The molecule has 0 spiro atoms. The molecular formula is C24H26F2N4O3. The summed E-state index contributed by atoms with van der Waals surface area (Å²) in [6.07, 6.45) is 2.57. The topological polar surface area (TPSA) is 100 Å². The normalized spacial score (nSPS) is 20.5. The van der Waals surface area contributed by atoms with Crippen molar-refractivity contribution in [2.45, 2.75) is 57.6 Å². The van der Waals surface area contributed by atoms with Gasteiger partial charge in [0.1, 0.15) is 23.3 Å². The highest BCUT2D eigenvalue weighted by Gasteiger charge is 2.29. The zero-order valence-electron chi connectivity index (χ0n) is 18.3. The van der Waals surface area contributed by atoms with Crippen LogP contribution in [-0.4, -0.2) is 44.7 Å². The molecule has 174 valence electrons. The lowest BCUT2D eigenvalue weighted by molar-refractivity contribution is 0.0874. The van der Waals surface area contributed by atoms with Gasteiger partial charge in [0.15, 0.2) is 0 Å². The number of benzene rings is 1. The van der Waals surface area contributed by atoms with Crippen molar-refractivity contribution in [1.82, 2.24) is 20.3 Å². The Bertz CT molecular complexity index is 1190. The van der Waals surface area contributed by atoms with Crippen LogP contribution < -0.4 is 10.1 Å². The summed E-state index contributed by atoms with van der Waals surface area (Å²) >= 11 is 0. The molecule has 1 amide bonds. The van der Waals surface area contributed by atoms with Crippen molar-refractivity contribution in [3.63, 3.8) is 0 Å². The molecule has 0 aliphatic heterocycles. The van der Waals surface area contributed by atoms with Crippen LogP contribution in [0, 0.1) is 12.8 Å². The Labute approximate surface area is 189 Å². The standard InChI is InChI=1S/C24H26F2N4O3/c1-12-19(24(32)30-16-3-2-4-17(16)31)21-22(29-12)20(27-11-28-21)15-9-14(23(25)26)7-8-18(15)33-10-13-5-6-13/h7-9,11,13,16-17,23,29,31H,2-6,10H2,1H3,(H,30,32)/t16-,17+/m0/s1. The number of aliphatic hydroxyl groups excluding tert-OH is 1. The second kappa shape index (κ2) is 8.70. The van der Waals surface area contributed by atoms with Gasteiger partial charge < -0.3 is 20.1 Å². The van der Waals surface area contributed by atoms with Crippen molar-refractivity contribution in [2.24, 2.45) is 5.92 Å². The number of carbonyl (C=O) groups excluding carboxylic acids is 1. The van der Waals surface area contributed by atoms with E-state index in [4.69, 9.17) is 4.74 Å². The van der Waals surface area contributed by atoms with Gasteiger partial charge in [0.2, 0.25) is 0 Å². The van der Waals surface area contributed by atoms with Crippen LogP contribution >= 0.6 is 0 Å². The quantitative estimate of drug-likeness (QED) is 0.492. The molecule has 0 saturated heterocycles. The number of amides is 1. The van der Waals surface area contributed by atoms with Crippen LogP contribution in [0.4, 0.5) is 8.78 Å². The molecule has 2 aromatic heterocycles. The van der Waals surface area contributed by atoms with E-state index in [2.05, 4.69) is 20.3 Å². The summed E-state index contributed by atoms with van der Waals surface area (Å²) in [5, 5.41) is 13.0. The number of nitrogens with zero attached hydrogens (tertiary/aromatic N) is 2. The molecule has 2 aliphatic carbocycles. The molecule has 2 fully saturated rings. The number of fused-ring (bicyclic) bond motifs is 1. The largest absolute Gasteiger partial charge is 0.493 e. The van der Waals surface area contributed by atoms with E-state index in [9.17, 15) is 18.7 Å². The van der Waals surface area contributed by atoms with Crippen LogP contribution in [0.25, 0.3) is 22.3 Å². The fourth-order valence-corrected chi connectivity index (χ4v) is 4.44. The molecule has 1 aromatic carbocycles. The highest BCUT2D eigenvalue weighted by atomic mass is 19.3. The Hall–Kier alpha value is -3.07. The monoisotopic (exact) mass is 456 g/mol. The van der Waals surface area contributed by atoms with Crippen molar-refractivity contribution in [2.75, 3.05) is 6.61 Å². The Balaban J connectivity index is 1.56. The van der Waals surface area contributed by atoms with Crippen LogP contribution in [0.5, 0.6) is 5.75 Å². The molecule has 9 heteroatoms. The highest BCUT2D eigenvalue weighted by molar-refractivity contribution is 6.09. The predicted molar refractivity (Wildman–Crippen MR) is 118 cm³/mol. The summed E-state index contributed by atoms with van der Waals surface area (Å²) in [6, 6.07) is 4.01. The van der Waals surface area contributed by atoms with Crippen LogP contribution in [0.15, 0.2) is 24.5 Å². The van der Waals surface area contributed by atoms with E-state index in [1.165, 1.54) is 18.5 Å². The average molecular weight is 456 g/mol. The second-order valence-electron chi connectivity index (χ2n) is 8.96. The molecular weight excluding hydrogens is 430 g/mol. The van der Waals surface area contributed by atoms with Gasteiger partial charge >= 0.3 is 0 Å². The van der Waals surface area contributed by atoms with Gasteiger partial charge in [0.25, 0.3) is 12.3 Å². The first-order valence-electron chi connectivity index (χ1n) is 11.3. The molecule has 0 bridgehead atoms. The summed E-state index contributed by atoms with van der Waals surface area (Å²) in [4.78, 5) is 24.9. The van der Waals surface area contributed by atoms with Crippen LogP contribution in [-0.2, 0) is 0 Å². The number of H-pyrrole nitrogens is 1. The molecule has 2 saturated carbocycles. The molecule has 7 nitrogen and oxygen atoms in total. The molecule has 2 aliphatic rings. The number of rotatable bonds is 7. The predicted octanol–water partition coefficient (Wildman–Crippen LogP) is 4.30. The van der Waals surface area contributed by atoms with E-state index in [0.29, 0.717) is 58.2 Å². The number of nitrogens with one attached hydrogen (secondary N) is 2. The Kier molecular flexibility index (Phi) is 5.74. The van der Waals surface area contributed by atoms with E-state index >= 15 is 0 Å². The van der Waals surface area contributed by atoms with Crippen LogP contribution in [0.1, 0.15) is 60.1 Å². The maximum atomic E-state index is 13.5. The van der Waals surface area contributed by atoms with Gasteiger partial charge in [-0.05, 0) is 63.1 Å². The van der Waals surface area contributed by atoms with E-state index in [1.807, 2.05) is 0 Å². The fraction of sp³-hybridized carbons (Fsp3) is 0.458. The number of carbonyl (C=O) groups is 1. The van der Waals surface area contributed by atoms with Crippen molar-refractivity contribution in [3.8, 4) is 17.0 Å². The van der Waals surface area contributed by atoms with Gasteiger partial charge in [-0.3, -0.25) is 4.79 Å². The lowest BCUT2D eigenvalue weighted by atomic mass is 10.0. The Morgan fingerprint density at radius 3 is 2.79 bits per heavy atom. The minimum absolute atomic E-state index is 0.132. The lowest BCUT2D eigenvalue weighted by Crippen LogP contribution is -2.40. The number of aromatic amines is 1. The zero-order valence-corrected chi connectivity index (χ0v) is 18.3. The third kappa shape index (κ3) is 4.29. The third-order valence-corrected chi connectivity index (χ3v) is 6.48. The van der Waals surface area contributed by atoms with E-state index in [-0.39, 0.29) is 17.5 Å². The number of aliphatic hydroxyl groups is 1. The first-order valence-corrected chi connectivity index (χ1v) is 11.3. The Morgan fingerprint density at radius 1 is 1.27 bits per heavy atom. The molecule has 2 heterocycles. The lowest BCUT2D eigenvalue weighted by Gasteiger charge is -2.16.